The molecule has 0 bridgehead atoms. The molecule has 7 heteroatoms. The third kappa shape index (κ3) is 3.55. The SMILES string of the molecule is Cc1ccc(C)c(S(=O)(=O)C2(C(=O)Nc3ccc(F)cc3Br)CCCC2)c1. The molecule has 27 heavy (non-hydrogen) atoms. The van der Waals surface area contributed by atoms with Gasteiger partial charge in [0, 0.05) is 4.47 Å². The van der Waals surface area contributed by atoms with Crippen molar-refractivity contribution in [3.63, 3.8) is 0 Å². The summed E-state index contributed by atoms with van der Waals surface area (Å²) in [6.45, 7) is 3.57. The Hall–Kier alpha value is -1.73. The highest BCUT2D eigenvalue weighted by atomic mass is 79.9. The number of benzene rings is 2. The number of aryl methyl sites for hydroxylation is 2. The lowest BCUT2D eigenvalue weighted by Gasteiger charge is -2.28. The average molecular weight is 454 g/mol. The third-order valence-corrected chi connectivity index (χ3v) is 8.45. The fourth-order valence-corrected chi connectivity index (χ4v) is 6.42. The molecule has 2 aromatic rings. The molecule has 144 valence electrons. The molecule has 0 spiro atoms. The van der Waals surface area contributed by atoms with Crippen molar-refractivity contribution in [3.8, 4) is 0 Å². The minimum Gasteiger partial charge on any atom is -0.324 e. The molecule has 0 radical (unpaired) electrons. The molecule has 1 aliphatic carbocycles. The van der Waals surface area contributed by atoms with Gasteiger partial charge in [0.25, 0.3) is 0 Å². The lowest BCUT2D eigenvalue weighted by Crippen LogP contribution is -2.47. The Balaban J connectivity index is 2.05. The van der Waals surface area contributed by atoms with Gasteiger partial charge >= 0.3 is 0 Å². The number of carbonyl (C=O) groups excluding carboxylic acids is 1. The maximum absolute atomic E-state index is 13.6. The normalized spacial score (nSPS) is 16.3. The second-order valence-corrected chi connectivity index (χ2v) is 10.1. The summed E-state index contributed by atoms with van der Waals surface area (Å²) in [6, 6.07) is 9.12. The van der Waals surface area contributed by atoms with Gasteiger partial charge in [-0.3, -0.25) is 4.79 Å². The van der Waals surface area contributed by atoms with Crippen molar-refractivity contribution in [1.29, 1.82) is 0 Å². The highest BCUT2D eigenvalue weighted by Gasteiger charge is 2.53. The van der Waals surface area contributed by atoms with Crippen LogP contribution in [0.4, 0.5) is 10.1 Å². The minimum absolute atomic E-state index is 0.206. The van der Waals surface area contributed by atoms with Gasteiger partial charge in [0.15, 0.2) is 14.6 Å². The first-order valence-corrected chi connectivity index (χ1v) is 11.0. The van der Waals surface area contributed by atoms with Crippen molar-refractivity contribution in [1.82, 2.24) is 0 Å². The van der Waals surface area contributed by atoms with E-state index in [4.69, 9.17) is 0 Å². The second-order valence-electron chi connectivity index (χ2n) is 7.05. The molecule has 0 saturated heterocycles. The third-order valence-electron chi connectivity index (χ3n) is 5.15. The van der Waals surface area contributed by atoms with Gasteiger partial charge < -0.3 is 5.32 Å². The van der Waals surface area contributed by atoms with Gasteiger partial charge in [-0.15, -0.1) is 0 Å². The van der Waals surface area contributed by atoms with Crippen molar-refractivity contribution in [3.05, 3.63) is 57.8 Å². The topological polar surface area (TPSA) is 63.2 Å². The van der Waals surface area contributed by atoms with Crippen LogP contribution in [0.5, 0.6) is 0 Å². The molecule has 0 atom stereocenters. The summed E-state index contributed by atoms with van der Waals surface area (Å²) < 4.78 is 39.3. The summed E-state index contributed by atoms with van der Waals surface area (Å²) in [7, 11) is -3.90. The first-order chi connectivity index (χ1) is 12.7. The van der Waals surface area contributed by atoms with Crippen LogP contribution >= 0.6 is 15.9 Å². The van der Waals surface area contributed by atoms with Crippen LogP contribution in [0.1, 0.15) is 36.8 Å². The van der Waals surface area contributed by atoms with Crippen molar-refractivity contribution < 1.29 is 17.6 Å². The lowest BCUT2D eigenvalue weighted by molar-refractivity contribution is -0.118. The van der Waals surface area contributed by atoms with E-state index in [1.165, 1.54) is 18.2 Å². The molecule has 1 amide bonds. The van der Waals surface area contributed by atoms with E-state index in [2.05, 4.69) is 21.2 Å². The van der Waals surface area contributed by atoms with Gasteiger partial charge in [-0.2, -0.15) is 0 Å². The molecule has 1 N–H and O–H groups in total. The van der Waals surface area contributed by atoms with E-state index >= 15 is 0 Å². The molecule has 2 aromatic carbocycles. The smallest absolute Gasteiger partial charge is 0.246 e. The Morgan fingerprint density at radius 2 is 1.78 bits per heavy atom. The zero-order valence-electron chi connectivity index (χ0n) is 15.2. The molecule has 1 saturated carbocycles. The van der Waals surface area contributed by atoms with Crippen LogP contribution < -0.4 is 5.32 Å². The van der Waals surface area contributed by atoms with Crippen LogP contribution in [0.25, 0.3) is 0 Å². The fourth-order valence-electron chi connectivity index (χ4n) is 3.60. The number of halogens is 2. The van der Waals surface area contributed by atoms with E-state index < -0.39 is 26.3 Å². The summed E-state index contributed by atoms with van der Waals surface area (Å²) in [4.78, 5) is 13.4. The Morgan fingerprint density at radius 1 is 1.11 bits per heavy atom. The van der Waals surface area contributed by atoms with Crippen molar-refractivity contribution >= 4 is 37.4 Å². The molecular formula is C20H21BrFNO3S. The monoisotopic (exact) mass is 453 g/mol. The number of sulfone groups is 1. The maximum Gasteiger partial charge on any atom is 0.246 e. The highest BCUT2D eigenvalue weighted by Crippen LogP contribution is 2.42. The Morgan fingerprint density at radius 3 is 2.41 bits per heavy atom. The van der Waals surface area contributed by atoms with Gasteiger partial charge in [-0.05, 0) is 78.0 Å². The molecule has 1 aliphatic rings. The van der Waals surface area contributed by atoms with Crippen LogP contribution in [0.15, 0.2) is 45.8 Å². The molecular weight excluding hydrogens is 433 g/mol. The van der Waals surface area contributed by atoms with E-state index in [1.807, 2.05) is 13.0 Å². The van der Waals surface area contributed by atoms with Crippen LogP contribution in [0, 0.1) is 19.7 Å². The van der Waals surface area contributed by atoms with E-state index in [9.17, 15) is 17.6 Å². The minimum atomic E-state index is -3.90. The summed E-state index contributed by atoms with van der Waals surface area (Å²) in [5, 5.41) is 2.70. The number of carbonyl (C=O) groups is 1. The molecule has 3 rings (SSSR count). The Kier molecular flexibility index (Phi) is 5.45. The molecule has 0 aliphatic heterocycles. The lowest BCUT2D eigenvalue weighted by atomic mass is 10.1. The van der Waals surface area contributed by atoms with Gasteiger partial charge in [-0.1, -0.05) is 25.0 Å². The zero-order valence-corrected chi connectivity index (χ0v) is 17.6. The molecule has 4 nitrogen and oxygen atoms in total. The summed E-state index contributed by atoms with van der Waals surface area (Å²) in [5.74, 6) is -1.01. The first kappa shape index (κ1) is 20.0. The largest absolute Gasteiger partial charge is 0.324 e. The average Bonchev–Trinajstić information content (AvgIpc) is 3.11. The number of rotatable bonds is 4. The van der Waals surface area contributed by atoms with E-state index in [0.29, 0.717) is 28.6 Å². The molecule has 1 fully saturated rings. The summed E-state index contributed by atoms with van der Waals surface area (Å²) >= 11 is 3.21. The quantitative estimate of drug-likeness (QED) is 0.713. The summed E-state index contributed by atoms with van der Waals surface area (Å²) in [5.41, 5.74) is 1.81. The number of hydrogen-bond donors (Lipinski definition) is 1. The van der Waals surface area contributed by atoms with Gasteiger partial charge in [0.1, 0.15) is 5.82 Å². The number of anilines is 1. The Labute approximate surface area is 167 Å². The number of hydrogen-bond acceptors (Lipinski definition) is 3. The fraction of sp³-hybridized carbons (Fsp3) is 0.350. The second kappa shape index (κ2) is 7.36. The van der Waals surface area contributed by atoms with Gasteiger partial charge in [0.05, 0.1) is 10.6 Å². The predicted octanol–water partition coefficient (Wildman–Crippen LogP) is 4.93. The highest BCUT2D eigenvalue weighted by molar-refractivity contribution is 9.10. The predicted molar refractivity (Wildman–Crippen MR) is 107 cm³/mol. The van der Waals surface area contributed by atoms with Crippen molar-refractivity contribution in [2.45, 2.75) is 49.2 Å². The Bertz CT molecular complexity index is 998. The van der Waals surface area contributed by atoms with Gasteiger partial charge in [-0.25, -0.2) is 12.8 Å². The van der Waals surface area contributed by atoms with E-state index in [-0.39, 0.29) is 17.7 Å². The van der Waals surface area contributed by atoms with Crippen LogP contribution in [-0.4, -0.2) is 19.1 Å². The van der Waals surface area contributed by atoms with E-state index in [1.54, 1.807) is 19.1 Å². The van der Waals surface area contributed by atoms with Crippen LogP contribution in [0.2, 0.25) is 0 Å². The standard InChI is InChI=1S/C20H21BrFNO3S/c1-13-5-6-14(2)18(11-13)27(25,26)20(9-3-4-10-20)19(24)23-17-8-7-15(22)12-16(17)21/h5-8,11-12H,3-4,9-10H2,1-2H3,(H,23,24). The van der Waals surface area contributed by atoms with Crippen molar-refractivity contribution in [2.75, 3.05) is 5.32 Å². The molecule has 0 unspecified atom stereocenters. The molecule has 0 heterocycles. The maximum atomic E-state index is 13.6. The summed E-state index contributed by atoms with van der Waals surface area (Å²) in [6.07, 6.45) is 1.88. The number of nitrogens with one attached hydrogen (secondary N) is 1. The van der Waals surface area contributed by atoms with Crippen LogP contribution in [-0.2, 0) is 14.6 Å². The van der Waals surface area contributed by atoms with Gasteiger partial charge in [0.2, 0.25) is 5.91 Å². The van der Waals surface area contributed by atoms with Crippen LogP contribution in [0.3, 0.4) is 0 Å². The number of amides is 1. The van der Waals surface area contributed by atoms with Crippen molar-refractivity contribution in [2.24, 2.45) is 0 Å². The first-order valence-electron chi connectivity index (χ1n) is 8.76. The molecule has 0 aromatic heterocycles. The van der Waals surface area contributed by atoms with E-state index in [0.717, 1.165) is 5.56 Å². The zero-order chi connectivity index (χ0) is 19.8.